The minimum Gasteiger partial charge on any atom is -0.246 e. The van der Waals surface area contributed by atoms with Crippen LogP contribution in [0.15, 0.2) is 249 Å². The molecule has 0 aliphatic heterocycles. The van der Waals surface area contributed by atoms with E-state index in [1.807, 2.05) is 203 Å². The Kier molecular flexibility index (Phi) is 32.3. The maximum atomic E-state index is 13.6. The number of hydrogen-bond donors (Lipinski definition) is 0. The monoisotopic (exact) mass is 1730 g/mol. The Hall–Kier alpha value is -12.8. The molecular weight excluding hydrogens is 1630 g/mol. The van der Waals surface area contributed by atoms with Gasteiger partial charge in [-0.3, -0.25) is 0 Å². The number of hydrogen-bond acceptors (Lipinski definition) is 0. The summed E-state index contributed by atoms with van der Waals surface area (Å²) in [6.07, 6.45) is -4.81. The molecule has 654 valence electrons. The van der Waals surface area contributed by atoms with Gasteiger partial charge in [0.1, 0.15) is 42.4 Å². The van der Waals surface area contributed by atoms with Crippen LogP contribution < -0.4 is 0 Å². The summed E-state index contributed by atoms with van der Waals surface area (Å²) in [5.41, 5.74) is 17.1. The van der Waals surface area contributed by atoms with Gasteiger partial charge in [-0.1, -0.05) is 256 Å². The molecular formula is C112H101F15. The van der Waals surface area contributed by atoms with Crippen molar-refractivity contribution in [1.82, 2.24) is 0 Å². The van der Waals surface area contributed by atoms with Crippen LogP contribution in [0.25, 0.3) is 97.0 Å². The maximum Gasteiger partial charge on any atom is 0.264 e. The zero-order valence-corrected chi connectivity index (χ0v) is 74.4. The van der Waals surface area contributed by atoms with Gasteiger partial charge in [-0.2, -0.15) is 0 Å². The number of halogens is 15. The molecule has 0 saturated heterocycles. The zero-order valence-electron chi connectivity index (χ0n) is 74.4. The van der Waals surface area contributed by atoms with Crippen LogP contribution in [-0.2, 0) is 13.3 Å². The predicted molar refractivity (Wildman–Crippen MR) is 500 cm³/mol. The molecule has 0 spiro atoms. The Morgan fingerprint density at radius 3 is 1.04 bits per heavy atom. The summed E-state index contributed by atoms with van der Waals surface area (Å²) >= 11 is 0. The van der Waals surface area contributed by atoms with E-state index in [0.29, 0.717) is 65.5 Å². The molecule has 0 amide bonds. The highest BCUT2D eigenvalue weighted by Crippen LogP contribution is 2.36. The minimum atomic E-state index is -2.41. The molecule has 0 fully saturated rings. The standard InChI is InChI=1S/2C13H12F2.2C13H13F.C12H9F3.2C12H10F2.2C12H11F/c1-8-3-6-11-10(7-8)5-4-9(2)12(11)13(14)15;1-8-3-4-10-5-9(2)7-12(13(14)15)11(10)6-8;1-9-3-6-12-11(7-9)5-4-10(2)13(12)8-14;1-9-3-4-11-5-10(2)6-12(8-14)13(11)7-9;1-6-3-4-8-5-7(2)11(14)12(15)9(8)10(6)13;1-7-5-9-4-3-8(2)12(14)11(9)10(13)6-7;1-7-3-4-9-6-8(2)11(13)12(14)10(9)5-7;1-8-3-6-11-10(7-8)5-4-9(2)12(11)13;1-8-3-4-10-5-9(2)7-12(13)11(10)6-8/h2*3-7,13H,1-2H3;2*3-7H,8H2,1-2H3;3-5H,1-2H3;2*3-6H,1-2H3;2*3-7H,1-2H3. The lowest BCUT2D eigenvalue weighted by atomic mass is 9.99. The molecule has 0 bridgehead atoms. The highest BCUT2D eigenvalue weighted by molar-refractivity contribution is 5.93. The SMILES string of the molecule is Cc1cc(C(F)F)c2cc(C)ccc2c1.Cc1cc(CF)c2cc(C)ccc2c1.Cc1cc(F)c2c(F)c(C)ccc2c1.Cc1cc(F)c2cc(C)ccc2c1.Cc1cc2ccc(C)c(F)c2c(F)c1F.Cc1ccc2c(C(F)F)c(C)ccc2c1.Cc1ccc2c(CF)c(C)ccc2c1.Cc1ccc2c(F)c(C)ccc2c1.Cc1ccc2cc(C)c(F)c(F)c2c1. The number of fused-ring (bicyclic) bond motifs is 9. The first kappa shape index (κ1) is 96.5. The lowest BCUT2D eigenvalue weighted by molar-refractivity contribution is 0.152. The molecule has 0 nitrogen and oxygen atoms in total. The lowest BCUT2D eigenvalue weighted by Gasteiger charge is -2.09. The van der Waals surface area contributed by atoms with E-state index in [4.69, 9.17) is 0 Å². The third kappa shape index (κ3) is 23.7. The quantitative estimate of drug-likeness (QED) is 0.154. The van der Waals surface area contributed by atoms with Crippen LogP contribution in [-0.4, -0.2) is 0 Å². The van der Waals surface area contributed by atoms with Gasteiger partial charge in [-0.15, -0.1) is 0 Å². The Labute approximate surface area is 733 Å². The van der Waals surface area contributed by atoms with Gasteiger partial charge in [0.05, 0.1) is 10.8 Å². The first-order valence-corrected chi connectivity index (χ1v) is 41.4. The first-order valence-electron chi connectivity index (χ1n) is 41.4. The Bertz CT molecular complexity index is 7030. The third-order valence-corrected chi connectivity index (χ3v) is 22.0. The van der Waals surface area contributed by atoms with Crippen molar-refractivity contribution in [1.29, 1.82) is 0 Å². The van der Waals surface area contributed by atoms with Crippen molar-refractivity contribution < 1.29 is 65.9 Å². The fourth-order valence-corrected chi connectivity index (χ4v) is 15.2. The van der Waals surface area contributed by atoms with Gasteiger partial charge in [-0.25, -0.2) is 65.9 Å². The van der Waals surface area contributed by atoms with Gasteiger partial charge in [0.25, 0.3) is 12.9 Å². The number of aryl methyl sites for hydroxylation is 18. The van der Waals surface area contributed by atoms with Crippen LogP contribution >= 0.6 is 0 Å². The second-order valence-electron chi connectivity index (χ2n) is 32.8. The molecule has 127 heavy (non-hydrogen) atoms. The van der Waals surface area contributed by atoms with Crippen molar-refractivity contribution in [2.45, 2.75) is 151 Å². The Morgan fingerprint density at radius 2 is 0.528 bits per heavy atom. The van der Waals surface area contributed by atoms with Crippen molar-refractivity contribution in [2.24, 2.45) is 0 Å². The number of rotatable bonds is 4. The van der Waals surface area contributed by atoms with Gasteiger partial charge < -0.3 is 0 Å². The summed E-state index contributed by atoms with van der Waals surface area (Å²) in [6, 6.07) is 75.8. The molecule has 0 aliphatic carbocycles. The fourth-order valence-electron chi connectivity index (χ4n) is 15.2. The molecule has 18 aromatic rings. The summed E-state index contributed by atoms with van der Waals surface area (Å²) < 4.78 is 198. The van der Waals surface area contributed by atoms with Gasteiger partial charge in [-0.05, 0) is 298 Å². The summed E-state index contributed by atoms with van der Waals surface area (Å²) in [5.74, 6) is -5.44. The van der Waals surface area contributed by atoms with Crippen LogP contribution in [0.3, 0.4) is 0 Å². The lowest BCUT2D eigenvalue weighted by Crippen LogP contribution is -1.95. The van der Waals surface area contributed by atoms with Crippen molar-refractivity contribution in [2.75, 3.05) is 0 Å². The van der Waals surface area contributed by atoms with Crippen LogP contribution in [0.2, 0.25) is 0 Å². The molecule has 15 heteroatoms. The topological polar surface area (TPSA) is 0 Å². The van der Waals surface area contributed by atoms with E-state index in [2.05, 4.69) is 37.3 Å². The van der Waals surface area contributed by atoms with Gasteiger partial charge in [0.15, 0.2) is 23.3 Å². The van der Waals surface area contributed by atoms with Crippen molar-refractivity contribution in [3.05, 3.63) is 423 Å². The van der Waals surface area contributed by atoms with Crippen LogP contribution in [0, 0.1) is 177 Å². The molecule has 0 radical (unpaired) electrons. The molecule has 0 heterocycles. The predicted octanol–water partition coefficient (Wildman–Crippen LogP) is 35.2. The summed E-state index contributed by atoms with van der Waals surface area (Å²) in [7, 11) is 0. The van der Waals surface area contributed by atoms with Gasteiger partial charge >= 0.3 is 0 Å². The first-order chi connectivity index (χ1) is 60.1. The van der Waals surface area contributed by atoms with Gasteiger partial charge in [0, 0.05) is 27.3 Å². The maximum absolute atomic E-state index is 13.6. The zero-order chi connectivity index (χ0) is 92.9. The van der Waals surface area contributed by atoms with Crippen molar-refractivity contribution in [3.8, 4) is 0 Å². The van der Waals surface area contributed by atoms with E-state index in [-0.39, 0.29) is 52.4 Å². The smallest absolute Gasteiger partial charge is 0.246 e. The van der Waals surface area contributed by atoms with Crippen molar-refractivity contribution >= 4 is 97.0 Å². The Balaban J connectivity index is 0.000000149. The number of alkyl halides is 6. The van der Waals surface area contributed by atoms with Crippen molar-refractivity contribution in [3.63, 3.8) is 0 Å². The highest BCUT2D eigenvalue weighted by atomic mass is 19.3. The fraction of sp³-hybridized carbons (Fsp3) is 0.196. The number of benzene rings is 18. The molecule has 18 aromatic carbocycles. The van der Waals surface area contributed by atoms with E-state index < -0.39 is 53.6 Å². The molecule has 0 aromatic heterocycles. The van der Waals surface area contributed by atoms with Crippen LogP contribution in [0.4, 0.5) is 65.9 Å². The summed E-state index contributed by atoms with van der Waals surface area (Å²) in [5, 5.41) is 12.7. The molecule has 0 aliphatic rings. The molecule has 0 saturated carbocycles. The van der Waals surface area contributed by atoms with E-state index in [0.717, 1.165) is 115 Å². The summed E-state index contributed by atoms with van der Waals surface area (Å²) in [6.45, 7) is 32.2. The molecule has 0 atom stereocenters. The molecule has 18 rings (SSSR count). The Morgan fingerprint density at radius 1 is 0.197 bits per heavy atom. The summed E-state index contributed by atoms with van der Waals surface area (Å²) in [4.78, 5) is 0. The van der Waals surface area contributed by atoms with Gasteiger partial charge in [0.2, 0.25) is 0 Å². The second kappa shape index (κ2) is 42.5. The van der Waals surface area contributed by atoms with E-state index >= 15 is 0 Å². The third-order valence-electron chi connectivity index (χ3n) is 22.0. The highest BCUT2D eigenvalue weighted by Gasteiger charge is 2.19. The largest absolute Gasteiger partial charge is 0.264 e. The minimum absolute atomic E-state index is 0.0931. The second-order valence-corrected chi connectivity index (χ2v) is 32.8. The van der Waals surface area contributed by atoms with E-state index in [9.17, 15) is 65.9 Å². The van der Waals surface area contributed by atoms with Crippen LogP contribution in [0.5, 0.6) is 0 Å². The van der Waals surface area contributed by atoms with E-state index in [1.165, 1.54) is 37.1 Å². The normalized spacial score (nSPS) is 10.9. The average molecular weight is 1730 g/mol. The average Bonchev–Trinajstić information content (AvgIpc) is 0.778. The van der Waals surface area contributed by atoms with Crippen LogP contribution in [0.1, 0.15) is 135 Å². The molecule has 0 N–H and O–H groups in total. The molecule has 0 unspecified atom stereocenters. The van der Waals surface area contributed by atoms with E-state index in [1.54, 1.807) is 107 Å².